The minimum absolute atomic E-state index is 0.529. The molecule has 2 heteroatoms. The van der Waals surface area contributed by atoms with Crippen molar-refractivity contribution in [3.05, 3.63) is 0 Å². The lowest BCUT2D eigenvalue weighted by molar-refractivity contribution is -0.00785. The van der Waals surface area contributed by atoms with E-state index in [2.05, 4.69) is 11.9 Å². The summed E-state index contributed by atoms with van der Waals surface area (Å²) in [6, 6.07) is 0.812. The van der Waals surface area contributed by atoms with Gasteiger partial charge < -0.3 is 9.64 Å². The van der Waals surface area contributed by atoms with Gasteiger partial charge in [-0.05, 0) is 51.6 Å². The molecule has 76 valence electrons. The molecule has 3 atom stereocenters. The van der Waals surface area contributed by atoms with Gasteiger partial charge in [-0.2, -0.15) is 0 Å². The molecule has 2 rings (SSSR count). The molecule has 0 amide bonds. The van der Waals surface area contributed by atoms with E-state index in [0.29, 0.717) is 6.10 Å². The summed E-state index contributed by atoms with van der Waals surface area (Å²) in [7, 11) is 4.13. The van der Waals surface area contributed by atoms with Crippen molar-refractivity contribution < 1.29 is 4.74 Å². The molecular weight excluding hydrogens is 162 g/mol. The lowest BCUT2D eigenvalue weighted by Gasteiger charge is -2.44. The van der Waals surface area contributed by atoms with Crippen molar-refractivity contribution in [3.63, 3.8) is 0 Å². The maximum absolute atomic E-state index is 5.46. The molecule has 2 nitrogen and oxygen atoms in total. The summed E-state index contributed by atoms with van der Waals surface area (Å²) in [6.07, 6.45) is 7.30. The molecule has 0 bridgehead atoms. The number of rotatable bonds is 1. The summed E-state index contributed by atoms with van der Waals surface area (Å²) in [4.78, 5) is 2.54. The molecule has 3 unspecified atom stereocenters. The molecule has 0 spiro atoms. The third kappa shape index (κ3) is 1.89. The largest absolute Gasteiger partial charge is 0.381 e. The van der Waals surface area contributed by atoms with Crippen LogP contribution in [0.4, 0.5) is 0 Å². The predicted molar refractivity (Wildman–Crippen MR) is 53.8 cm³/mol. The van der Waals surface area contributed by atoms with Gasteiger partial charge in [-0.1, -0.05) is 0 Å². The van der Waals surface area contributed by atoms with Crippen molar-refractivity contribution in [2.24, 2.45) is 5.92 Å². The van der Waals surface area contributed by atoms with Crippen LogP contribution >= 0.6 is 0 Å². The molecule has 0 aromatic rings. The Hall–Kier alpha value is -0.0800. The van der Waals surface area contributed by atoms with Gasteiger partial charge in [0.2, 0.25) is 0 Å². The number of hydrogen-bond acceptors (Lipinski definition) is 2. The Morgan fingerprint density at radius 3 is 2.85 bits per heavy atom. The van der Waals surface area contributed by atoms with Crippen LogP contribution in [-0.2, 0) is 4.74 Å². The van der Waals surface area contributed by atoms with Crippen LogP contribution in [0.5, 0.6) is 0 Å². The van der Waals surface area contributed by atoms with Gasteiger partial charge in [-0.15, -0.1) is 0 Å². The van der Waals surface area contributed by atoms with E-state index in [9.17, 15) is 0 Å². The Bertz CT molecular complexity index is 171. The Morgan fingerprint density at radius 2 is 2.08 bits per heavy atom. The predicted octanol–water partition coefficient (Wildman–Crippen LogP) is 1.90. The van der Waals surface area contributed by atoms with Gasteiger partial charge in [0.1, 0.15) is 0 Å². The van der Waals surface area contributed by atoms with Crippen LogP contribution in [0.2, 0.25) is 0 Å². The Morgan fingerprint density at radius 1 is 1.23 bits per heavy atom. The topological polar surface area (TPSA) is 12.5 Å². The molecule has 0 aromatic heterocycles. The quantitative estimate of drug-likeness (QED) is 0.615. The molecule has 1 aliphatic heterocycles. The third-order valence-corrected chi connectivity index (χ3v) is 3.89. The lowest BCUT2D eigenvalue weighted by Crippen LogP contribution is -2.47. The molecule has 1 saturated heterocycles. The second-order valence-corrected chi connectivity index (χ2v) is 4.62. The Kier molecular flexibility index (Phi) is 2.89. The van der Waals surface area contributed by atoms with Crippen molar-refractivity contribution in [1.29, 1.82) is 0 Å². The van der Waals surface area contributed by atoms with Crippen molar-refractivity contribution in [3.8, 4) is 0 Å². The number of fused-ring (bicyclic) bond motifs is 1. The SMILES string of the molecule is COC1CCC2CCCN(C)C2C1. The van der Waals surface area contributed by atoms with E-state index in [4.69, 9.17) is 4.74 Å². The van der Waals surface area contributed by atoms with Crippen LogP contribution in [-0.4, -0.2) is 37.7 Å². The number of hydrogen-bond donors (Lipinski definition) is 0. The average molecular weight is 183 g/mol. The summed E-state index contributed by atoms with van der Waals surface area (Å²) in [5, 5.41) is 0. The second-order valence-electron chi connectivity index (χ2n) is 4.62. The first-order chi connectivity index (χ1) is 6.31. The molecule has 2 aliphatic rings. The molecule has 1 saturated carbocycles. The van der Waals surface area contributed by atoms with Gasteiger partial charge in [0.05, 0.1) is 6.10 Å². The third-order valence-electron chi connectivity index (χ3n) is 3.89. The fourth-order valence-corrected chi connectivity index (χ4v) is 3.03. The van der Waals surface area contributed by atoms with Crippen molar-refractivity contribution in [1.82, 2.24) is 4.90 Å². The fourth-order valence-electron chi connectivity index (χ4n) is 3.03. The smallest absolute Gasteiger partial charge is 0.0586 e. The summed E-state index contributed by atoms with van der Waals surface area (Å²) >= 11 is 0. The molecule has 0 aromatic carbocycles. The first kappa shape index (κ1) is 9.47. The average Bonchev–Trinajstić information content (AvgIpc) is 2.18. The highest BCUT2D eigenvalue weighted by atomic mass is 16.5. The van der Waals surface area contributed by atoms with Crippen LogP contribution in [0, 0.1) is 5.92 Å². The zero-order valence-corrected chi connectivity index (χ0v) is 8.83. The molecule has 1 heterocycles. The lowest BCUT2D eigenvalue weighted by atomic mass is 9.77. The van der Waals surface area contributed by atoms with E-state index < -0.39 is 0 Å². The van der Waals surface area contributed by atoms with E-state index in [1.165, 1.54) is 38.6 Å². The van der Waals surface area contributed by atoms with Crippen molar-refractivity contribution in [2.45, 2.75) is 44.2 Å². The highest BCUT2D eigenvalue weighted by Crippen LogP contribution is 2.35. The molecule has 0 radical (unpaired) electrons. The number of nitrogens with zero attached hydrogens (tertiary/aromatic N) is 1. The van der Waals surface area contributed by atoms with E-state index in [1.807, 2.05) is 7.11 Å². The van der Waals surface area contributed by atoms with Gasteiger partial charge >= 0.3 is 0 Å². The van der Waals surface area contributed by atoms with Gasteiger partial charge in [-0.3, -0.25) is 0 Å². The van der Waals surface area contributed by atoms with E-state index in [-0.39, 0.29) is 0 Å². The Labute approximate surface area is 81.3 Å². The molecule has 13 heavy (non-hydrogen) atoms. The maximum atomic E-state index is 5.46. The number of likely N-dealkylation sites (tertiary alicyclic amines) is 1. The minimum atomic E-state index is 0.529. The van der Waals surface area contributed by atoms with Crippen LogP contribution < -0.4 is 0 Å². The Balaban J connectivity index is 1.97. The first-order valence-electron chi connectivity index (χ1n) is 5.54. The number of methoxy groups -OCH3 is 1. The van der Waals surface area contributed by atoms with Gasteiger partial charge in [0.25, 0.3) is 0 Å². The van der Waals surface area contributed by atoms with Crippen LogP contribution in [0.3, 0.4) is 0 Å². The minimum Gasteiger partial charge on any atom is -0.381 e. The van der Waals surface area contributed by atoms with Crippen LogP contribution in [0.1, 0.15) is 32.1 Å². The monoisotopic (exact) mass is 183 g/mol. The summed E-state index contributed by atoms with van der Waals surface area (Å²) in [5.41, 5.74) is 0. The van der Waals surface area contributed by atoms with Crippen molar-refractivity contribution >= 4 is 0 Å². The molecule has 0 N–H and O–H groups in total. The standard InChI is InChI=1S/C11H21NO/c1-12-7-3-4-9-5-6-10(13-2)8-11(9)12/h9-11H,3-8H2,1-2H3. The van der Waals surface area contributed by atoms with Crippen molar-refractivity contribution in [2.75, 3.05) is 20.7 Å². The summed E-state index contributed by atoms with van der Waals surface area (Å²) < 4.78 is 5.46. The summed E-state index contributed by atoms with van der Waals surface area (Å²) in [5.74, 6) is 0.963. The normalized spacial score (nSPS) is 41.5. The number of piperidine rings is 1. The van der Waals surface area contributed by atoms with E-state index in [0.717, 1.165) is 12.0 Å². The van der Waals surface area contributed by atoms with Crippen LogP contribution in [0.15, 0.2) is 0 Å². The first-order valence-corrected chi connectivity index (χ1v) is 5.54. The molecule has 1 aliphatic carbocycles. The highest BCUT2D eigenvalue weighted by Gasteiger charge is 2.34. The van der Waals surface area contributed by atoms with Gasteiger partial charge in [0, 0.05) is 13.2 Å². The zero-order chi connectivity index (χ0) is 9.26. The molecule has 2 fully saturated rings. The second kappa shape index (κ2) is 3.97. The van der Waals surface area contributed by atoms with Gasteiger partial charge in [0.15, 0.2) is 0 Å². The zero-order valence-electron chi connectivity index (χ0n) is 8.83. The fraction of sp³-hybridized carbons (Fsp3) is 1.00. The van der Waals surface area contributed by atoms with E-state index >= 15 is 0 Å². The van der Waals surface area contributed by atoms with Gasteiger partial charge in [-0.25, -0.2) is 0 Å². The highest BCUT2D eigenvalue weighted by molar-refractivity contribution is 4.89. The number of ether oxygens (including phenoxy) is 1. The summed E-state index contributed by atoms with van der Waals surface area (Å²) in [6.45, 7) is 1.29. The molecular formula is C11H21NO. The maximum Gasteiger partial charge on any atom is 0.0586 e. The van der Waals surface area contributed by atoms with Crippen LogP contribution in [0.25, 0.3) is 0 Å². The van der Waals surface area contributed by atoms with E-state index in [1.54, 1.807) is 0 Å².